The molecule has 90 valence electrons. The van der Waals surface area contributed by atoms with Crippen LogP contribution in [0.3, 0.4) is 0 Å². The third-order valence-corrected chi connectivity index (χ3v) is 4.38. The van der Waals surface area contributed by atoms with Crippen molar-refractivity contribution < 1.29 is 4.39 Å². The van der Waals surface area contributed by atoms with E-state index in [9.17, 15) is 4.39 Å². The molecule has 17 heavy (non-hydrogen) atoms. The SMILES string of the molecule is CNC(c1csc(C)c1)c1cccc(F)c1Br. The number of halogens is 2. The molecule has 0 amide bonds. The van der Waals surface area contributed by atoms with E-state index in [4.69, 9.17) is 0 Å². The minimum absolute atomic E-state index is 0.0185. The van der Waals surface area contributed by atoms with Crippen LogP contribution < -0.4 is 5.32 Å². The van der Waals surface area contributed by atoms with E-state index < -0.39 is 0 Å². The first-order valence-electron chi connectivity index (χ1n) is 5.29. The molecule has 0 aliphatic carbocycles. The minimum Gasteiger partial charge on any atom is -0.309 e. The van der Waals surface area contributed by atoms with Crippen molar-refractivity contribution in [2.45, 2.75) is 13.0 Å². The second kappa shape index (κ2) is 5.29. The second-order valence-corrected chi connectivity index (χ2v) is 5.76. The maximum Gasteiger partial charge on any atom is 0.137 e. The molecular weight excluding hydrogens is 301 g/mol. The standard InChI is InChI=1S/C13H13BrFNS/c1-8-6-9(7-17-8)13(16-2)10-4-3-5-11(15)12(10)14/h3-7,13,16H,1-2H3. The van der Waals surface area contributed by atoms with Gasteiger partial charge in [0.25, 0.3) is 0 Å². The number of hydrogen-bond acceptors (Lipinski definition) is 2. The van der Waals surface area contributed by atoms with Crippen LogP contribution in [0, 0.1) is 12.7 Å². The largest absolute Gasteiger partial charge is 0.309 e. The molecule has 1 nitrogen and oxygen atoms in total. The quantitative estimate of drug-likeness (QED) is 0.892. The Hall–Kier alpha value is -0.710. The van der Waals surface area contributed by atoms with Crippen LogP contribution in [0.15, 0.2) is 34.1 Å². The predicted molar refractivity (Wildman–Crippen MR) is 74.1 cm³/mol. The van der Waals surface area contributed by atoms with Gasteiger partial charge in [-0.1, -0.05) is 12.1 Å². The lowest BCUT2D eigenvalue weighted by molar-refractivity contribution is 0.608. The van der Waals surface area contributed by atoms with E-state index in [0.29, 0.717) is 4.47 Å². The molecule has 2 aromatic rings. The molecule has 0 aliphatic heterocycles. The third-order valence-electron chi connectivity index (χ3n) is 2.67. The number of rotatable bonds is 3. The van der Waals surface area contributed by atoms with E-state index in [1.807, 2.05) is 13.1 Å². The highest BCUT2D eigenvalue weighted by atomic mass is 79.9. The molecule has 1 N–H and O–H groups in total. The number of benzene rings is 1. The first kappa shape index (κ1) is 12.7. The molecule has 1 heterocycles. The van der Waals surface area contributed by atoms with Crippen LogP contribution in [-0.2, 0) is 0 Å². The van der Waals surface area contributed by atoms with E-state index in [1.165, 1.54) is 16.5 Å². The van der Waals surface area contributed by atoms with Crippen molar-refractivity contribution in [2.75, 3.05) is 7.05 Å². The van der Waals surface area contributed by atoms with Gasteiger partial charge in [-0.3, -0.25) is 0 Å². The van der Waals surface area contributed by atoms with Gasteiger partial charge in [0, 0.05) is 4.88 Å². The number of thiophene rings is 1. The molecule has 1 atom stereocenters. The van der Waals surface area contributed by atoms with Crippen molar-refractivity contribution in [1.29, 1.82) is 0 Å². The van der Waals surface area contributed by atoms with Gasteiger partial charge in [-0.25, -0.2) is 4.39 Å². The lowest BCUT2D eigenvalue weighted by Crippen LogP contribution is -2.17. The lowest BCUT2D eigenvalue weighted by Gasteiger charge is -2.17. The lowest BCUT2D eigenvalue weighted by atomic mass is 10.0. The fourth-order valence-corrected chi connectivity index (χ4v) is 3.08. The Balaban J connectivity index is 2.45. The summed E-state index contributed by atoms with van der Waals surface area (Å²) in [4.78, 5) is 1.26. The second-order valence-electron chi connectivity index (χ2n) is 3.86. The van der Waals surface area contributed by atoms with Crippen LogP contribution in [0.5, 0.6) is 0 Å². The highest BCUT2D eigenvalue weighted by Crippen LogP contribution is 2.32. The summed E-state index contributed by atoms with van der Waals surface area (Å²) in [5.41, 5.74) is 2.09. The van der Waals surface area contributed by atoms with E-state index in [1.54, 1.807) is 17.4 Å². The van der Waals surface area contributed by atoms with Crippen molar-refractivity contribution in [3.8, 4) is 0 Å². The zero-order valence-corrected chi connectivity index (χ0v) is 12.0. The van der Waals surface area contributed by atoms with Crippen LogP contribution in [0.25, 0.3) is 0 Å². The van der Waals surface area contributed by atoms with Crippen LogP contribution in [0.1, 0.15) is 22.0 Å². The van der Waals surface area contributed by atoms with Gasteiger partial charge in [0.1, 0.15) is 5.82 Å². The molecule has 0 radical (unpaired) electrons. The smallest absolute Gasteiger partial charge is 0.137 e. The molecule has 2 rings (SSSR count). The van der Waals surface area contributed by atoms with Gasteiger partial charge >= 0.3 is 0 Å². The van der Waals surface area contributed by atoms with Crippen molar-refractivity contribution in [3.63, 3.8) is 0 Å². The van der Waals surface area contributed by atoms with Crippen molar-refractivity contribution in [3.05, 3.63) is 55.9 Å². The summed E-state index contributed by atoms with van der Waals surface area (Å²) in [6, 6.07) is 7.27. The van der Waals surface area contributed by atoms with Gasteiger partial charge in [-0.05, 0) is 58.5 Å². The predicted octanol–water partition coefficient (Wildman–Crippen LogP) is 4.27. The summed E-state index contributed by atoms with van der Waals surface area (Å²) < 4.78 is 14.1. The minimum atomic E-state index is -0.227. The molecule has 4 heteroatoms. The van der Waals surface area contributed by atoms with E-state index in [-0.39, 0.29) is 11.9 Å². The van der Waals surface area contributed by atoms with Gasteiger partial charge in [0.2, 0.25) is 0 Å². The Kier molecular flexibility index (Phi) is 3.97. The first-order chi connectivity index (χ1) is 8.13. The number of hydrogen-bond donors (Lipinski definition) is 1. The molecule has 1 unspecified atom stereocenters. The van der Waals surface area contributed by atoms with Crippen molar-refractivity contribution >= 4 is 27.3 Å². The summed E-state index contributed by atoms with van der Waals surface area (Å²) in [7, 11) is 1.88. The molecule has 1 aromatic carbocycles. The van der Waals surface area contributed by atoms with E-state index in [2.05, 4.69) is 39.6 Å². The van der Waals surface area contributed by atoms with Crippen LogP contribution in [0.4, 0.5) is 4.39 Å². The molecule has 1 aromatic heterocycles. The molecule has 0 saturated carbocycles. The first-order valence-corrected chi connectivity index (χ1v) is 6.97. The fourth-order valence-electron chi connectivity index (χ4n) is 1.86. The normalized spacial score (nSPS) is 12.7. The Morgan fingerprint density at radius 1 is 1.41 bits per heavy atom. The van der Waals surface area contributed by atoms with Crippen LogP contribution in [0.2, 0.25) is 0 Å². The van der Waals surface area contributed by atoms with E-state index >= 15 is 0 Å². The molecule has 0 bridgehead atoms. The van der Waals surface area contributed by atoms with Crippen molar-refractivity contribution in [2.24, 2.45) is 0 Å². The molecule has 0 spiro atoms. The Morgan fingerprint density at radius 2 is 2.18 bits per heavy atom. The monoisotopic (exact) mass is 313 g/mol. The van der Waals surface area contributed by atoms with Gasteiger partial charge in [0.15, 0.2) is 0 Å². The Morgan fingerprint density at radius 3 is 2.76 bits per heavy atom. The maximum absolute atomic E-state index is 13.5. The summed E-state index contributed by atoms with van der Waals surface area (Å²) in [6.45, 7) is 2.07. The summed E-state index contributed by atoms with van der Waals surface area (Å²) >= 11 is 5.02. The zero-order valence-electron chi connectivity index (χ0n) is 9.63. The van der Waals surface area contributed by atoms with Gasteiger partial charge in [0.05, 0.1) is 10.5 Å². The van der Waals surface area contributed by atoms with Crippen molar-refractivity contribution in [1.82, 2.24) is 5.32 Å². The third kappa shape index (κ3) is 2.59. The molecular formula is C13H13BrFNS. The zero-order chi connectivity index (χ0) is 12.4. The van der Waals surface area contributed by atoms with Crippen LogP contribution in [-0.4, -0.2) is 7.05 Å². The van der Waals surface area contributed by atoms with E-state index in [0.717, 1.165) is 5.56 Å². The Bertz CT molecular complexity index is 524. The maximum atomic E-state index is 13.5. The summed E-state index contributed by atoms with van der Waals surface area (Å²) in [5.74, 6) is -0.227. The highest BCUT2D eigenvalue weighted by Gasteiger charge is 2.17. The summed E-state index contributed by atoms with van der Waals surface area (Å²) in [6.07, 6.45) is 0. The number of aryl methyl sites for hydroxylation is 1. The molecule has 0 saturated heterocycles. The molecule has 0 aliphatic rings. The topological polar surface area (TPSA) is 12.0 Å². The average Bonchev–Trinajstić information content (AvgIpc) is 2.72. The molecule has 0 fully saturated rings. The van der Waals surface area contributed by atoms with Crippen LogP contribution >= 0.6 is 27.3 Å². The fraction of sp³-hybridized carbons (Fsp3) is 0.231. The van der Waals surface area contributed by atoms with Gasteiger partial charge in [-0.15, -0.1) is 11.3 Å². The highest BCUT2D eigenvalue weighted by molar-refractivity contribution is 9.10. The summed E-state index contributed by atoms with van der Waals surface area (Å²) in [5, 5.41) is 5.33. The Labute approximate surface area is 113 Å². The van der Waals surface area contributed by atoms with Gasteiger partial charge < -0.3 is 5.32 Å². The average molecular weight is 314 g/mol. The van der Waals surface area contributed by atoms with Gasteiger partial charge in [-0.2, -0.15) is 0 Å². The number of nitrogens with one attached hydrogen (secondary N) is 1.